The number of nitrogens with zero attached hydrogens (tertiary/aromatic N) is 2. The molecule has 2 heterocycles. The average molecular weight is 287 g/mol. The molecule has 2 aromatic rings. The molecule has 21 heavy (non-hydrogen) atoms. The second kappa shape index (κ2) is 5.12. The Bertz CT molecular complexity index is 693. The summed E-state index contributed by atoms with van der Waals surface area (Å²) < 4.78 is 14.9. The van der Waals surface area contributed by atoms with Gasteiger partial charge in [-0.15, -0.1) is 0 Å². The molecule has 0 spiro atoms. The molecular weight excluding hydrogens is 273 g/mol. The summed E-state index contributed by atoms with van der Waals surface area (Å²) >= 11 is 0. The summed E-state index contributed by atoms with van der Waals surface area (Å²) in [6.07, 6.45) is 3.49. The fourth-order valence-corrected chi connectivity index (χ4v) is 2.82. The first-order chi connectivity index (χ1) is 10.1. The zero-order valence-corrected chi connectivity index (χ0v) is 11.4. The topological polar surface area (TPSA) is 64.0 Å². The highest BCUT2D eigenvalue weighted by Crippen LogP contribution is 2.38. The van der Waals surface area contributed by atoms with E-state index >= 15 is 0 Å². The second-order valence-electron chi connectivity index (χ2n) is 5.18. The lowest BCUT2D eigenvalue weighted by atomic mass is 9.79. The molecule has 1 saturated heterocycles. The Balaban J connectivity index is 2.05. The summed E-state index contributed by atoms with van der Waals surface area (Å²) in [5.41, 5.74) is 1.50. The third kappa shape index (κ3) is 2.44. The molecule has 1 aromatic carbocycles. The minimum atomic E-state index is -0.529. The van der Waals surface area contributed by atoms with E-state index in [1.165, 1.54) is 12.1 Å². The van der Waals surface area contributed by atoms with Gasteiger partial charge in [0.05, 0.1) is 12.2 Å². The van der Waals surface area contributed by atoms with Crippen LogP contribution in [0.1, 0.15) is 29.5 Å². The van der Waals surface area contributed by atoms with Crippen molar-refractivity contribution in [2.75, 3.05) is 0 Å². The van der Waals surface area contributed by atoms with Crippen molar-refractivity contribution in [1.29, 1.82) is 0 Å². The predicted octanol–water partition coefficient (Wildman–Crippen LogP) is 1.47. The van der Waals surface area contributed by atoms with Crippen LogP contribution in [0.3, 0.4) is 0 Å². The molecule has 1 aliphatic heterocycles. The van der Waals surface area contributed by atoms with Gasteiger partial charge in [-0.1, -0.05) is 12.1 Å². The summed E-state index contributed by atoms with van der Waals surface area (Å²) in [6.45, 7) is 0. The van der Waals surface area contributed by atoms with E-state index < -0.39 is 5.92 Å². The molecule has 5 nitrogen and oxygen atoms in total. The van der Waals surface area contributed by atoms with Crippen LogP contribution < -0.4 is 5.32 Å². The van der Waals surface area contributed by atoms with E-state index in [4.69, 9.17) is 0 Å². The van der Waals surface area contributed by atoms with Crippen LogP contribution in [-0.2, 0) is 16.6 Å². The van der Waals surface area contributed by atoms with E-state index in [1.807, 2.05) is 7.05 Å². The lowest BCUT2D eigenvalue weighted by Crippen LogP contribution is -2.43. The summed E-state index contributed by atoms with van der Waals surface area (Å²) in [4.78, 5) is 28.0. The van der Waals surface area contributed by atoms with Crippen molar-refractivity contribution in [2.45, 2.75) is 18.3 Å². The first-order valence-electron chi connectivity index (χ1n) is 6.61. The average Bonchev–Trinajstić information content (AvgIpc) is 2.85. The van der Waals surface area contributed by atoms with Crippen LogP contribution in [0, 0.1) is 5.82 Å². The van der Waals surface area contributed by atoms with E-state index in [0.717, 1.165) is 5.69 Å². The van der Waals surface area contributed by atoms with Gasteiger partial charge in [0.15, 0.2) is 0 Å². The van der Waals surface area contributed by atoms with Crippen molar-refractivity contribution < 1.29 is 14.0 Å². The number of aromatic nitrogens is 2. The molecule has 0 aliphatic carbocycles. The fraction of sp³-hybridized carbons (Fsp3) is 0.267. The summed E-state index contributed by atoms with van der Waals surface area (Å²) in [6, 6.07) is 5.80. The Hall–Kier alpha value is -2.50. The number of piperidine rings is 1. The number of imidazole rings is 1. The smallest absolute Gasteiger partial charge is 0.234 e. The van der Waals surface area contributed by atoms with Crippen molar-refractivity contribution in [3.63, 3.8) is 0 Å². The quantitative estimate of drug-likeness (QED) is 0.851. The summed E-state index contributed by atoms with van der Waals surface area (Å²) in [7, 11) is 1.82. The monoisotopic (exact) mass is 287 g/mol. The first-order valence-corrected chi connectivity index (χ1v) is 6.61. The predicted molar refractivity (Wildman–Crippen MR) is 72.9 cm³/mol. The highest BCUT2D eigenvalue weighted by molar-refractivity contribution is 6.02. The van der Waals surface area contributed by atoms with Crippen LogP contribution in [-0.4, -0.2) is 21.4 Å². The Labute approximate surface area is 120 Å². The molecule has 0 radical (unpaired) electrons. The minimum Gasteiger partial charge on any atom is -0.337 e. The van der Waals surface area contributed by atoms with Crippen molar-refractivity contribution in [2.24, 2.45) is 7.05 Å². The zero-order chi connectivity index (χ0) is 15.0. The molecule has 3 rings (SSSR count). The molecule has 108 valence electrons. The minimum absolute atomic E-state index is 0.202. The van der Waals surface area contributed by atoms with Gasteiger partial charge >= 0.3 is 0 Å². The van der Waals surface area contributed by atoms with E-state index in [0.29, 0.717) is 5.56 Å². The Morgan fingerprint density at radius 1 is 1.29 bits per heavy atom. The Morgan fingerprint density at radius 3 is 2.62 bits per heavy atom. The molecule has 6 heteroatoms. The van der Waals surface area contributed by atoms with E-state index in [9.17, 15) is 14.0 Å². The standard InChI is InChI=1S/C15H14FN3O2/c1-19-8-17-7-12(19)11-6-13(20)18-15(21)14(11)9-2-4-10(16)5-3-9/h2-5,7-8,11,14H,6H2,1H3,(H,18,20,21). The number of carbonyl (C=O) groups is 2. The number of hydrogen-bond acceptors (Lipinski definition) is 3. The van der Waals surface area contributed by atoms with Gasteiger partial charge in [0, 0.05) is 31.3 Å². The zero-order valence-electron chi connectivity index (χ0n) is 11.4. The molecule has 0 bridgehead atoms. The number of rotatable bonds is 2. The highest BCUT2D eigenvalue weighted by atomic mass is 19.1. The van der Waals surface area contributed by atoms with E-state index in [-0.39, 0.29) is 30.0 Å². The maximum atomic E-state index is 13.1. The van der Waals surface area contributed by atoms with Crippen molar-refractivity contribution in [3.05, 3.63) is 53.9 Å². The SMILES string of the molecule is Cn1cncc1C1CC(=O)NC(=O)C1c1ccc(F)cc1. The van der Waals surface area contributed by atoms with Gasteiger partial charge < -0.3 is 4.57 Å². The molecule has 1 N–H and O–H groups in total. The molecule has 1 fully saturated rings. The molecular formula is C15H14FN3O2. The van der Waals surface area contributed by atoms with Crippen LogP contribution in [0.2, 0.25) is 0 Å². The van der Waals surface area contributed by atoms with Gasteiger partial charge in [-0.3, -0.25) is 14.9 Å². The third-order valence-electron chi connectivity index (χ3n) is 3.82. The van der Waals surface area contributed by atoms with Crippen LogP contribution in [0.4, 0.5) is 4.39 Å². The lowest BCUT2D eigenvalue weighted by molar-refractivity contribution is -0.135. The molecule has 0 saturated carbocycles. The number of halogens is 1. The van der Waals surface area contributed by atoms with E-state index in [1.54, 1.807) is 29.2 Å². The number of carbonyl (C=O) groups excluding carboxylic acids is 2. The van der Waals surface area contributed by atoms with E-state index in [2.05, 4.69) is 10.3 Å². The maximum absolute atomic E-state index is 13.1. The summed E-state index contributed by atoms with van der Waals surface area (Å²) in [5.74, 6) is -1.85. The molecule has 1 aromatic heterocycles. The largest absolute Gasteiger partial charge is 0.337 e. The number of aryl methyl sites for hydroxylation is 1. The molecule has 2 unspecified atom stereocenters. The van der Waals surface area contributed by atoms with Crippen molar-refractivity contribution in [3.8, 4) is 0 Å². The van der Waals surface area contributed by atoms with Crippen LogP contribution in [0.15, 0.2) is 36.8 Å². The van der Waals surface area contributed by atoms with Crippen LogP contribution >= 0.6 is 0 Å². The normalized spacial score (nSPS) is 22.2. The van der Waals surface area contributed by atoms with Crippen molar-refractivity contribution >= 4 is 11.8 Å². The number of amides is 2. The maximum Gasteiger partial charge on any atom is 0.234 e. The third-order valence-corrected chi connectivity index (χ3v) is 3.82. The van der Waals surface area contributed by atoms with Crippen LogP contribution in [0.25, 0.3) is 0 Å². The number of imide groups is 1. The fourth-order valence-electron chi connectivity index (χ4n) is 2.82. The van der Waals surface area contributed by atoms with Gasteiger partial charge in [0.2, 0.25) is 11.8 Å². The summed E-state index contributed by atoms with van der Waals surface area (Å²) in [5, 5.41) is 2.35. The molecule has 2 amide bonds. The highest BCUT2D eigenvalue weighted by Gasteiger charge is 2.39. The Kier molecular flexibility index (Phi) is 3.29. The number of hydrogen-bond donors (Lipinski definition) is 1. The lowest BCUT2D eigenvalue weighted by Gasteiger charge is -2.30. The first kappa shape index (κ1) is 13.5. The molecule has 2 atom stereocenters. The van der Waals surface area contributed by atoms with Gasteiger partial charge in [-0.2, -0.15) is 0 Å². The van der Waals surface area contributed by atoms with Gasteiger partial charge in [-0.05, 0) is 17.7 Å². The van der Waals surface area contributed by atoms with Gasteiger partial charge in [0.25, 0.3) is 0 Å². The number of benzene rings is 1. The number of nitrogens with one attached hydrogen (secondary N) is 1. The Morgan fingerprint density at radius 2 is 2.00 bits per heavy atom. The van der Waals surface area contributed by atoms with Gasteiger partial charge in [-0.25, -0.2) is 9.37 Å². The van der Waals surface area contributed by atoms with Crippen LogP contribution in [0.5, 0.6) is 0 Å². The molecule has 1 aliphatic rings. The van der Waals surface area contributed by atoms with Gasteiger partial charge in [0.1, 0.15) is 5.82 Å². The van der Waals surface area contributed by atoms with Crippen molar-refractivity contribution in [1.82, 2.24) is 14.9 Å². The second-order valence-corrected chi connectivity index (χ2v) is 5.18.